The van der Waals surface area contributed by atoms with E-state index < -0.39 is 0 Å². The smallest absolute Gasteiger partial charge is 0.123 e. The van der Waals surface area contributed by atoms with Crippen molar-refractivity contribution in [1.82, 2.24) is 0 Å². The quantitative estimate of drug-likeness (QED) is 0.656. The van der Waals surface area contributed by atoms with Gasteiger partial charge in [0.25, 0.3) is 0 Å². The zero-order chi connectivity index (χ0) is 9.68. The van der Waals surface area contributed by atoms with Crippen LogP contribution in [0.5, 0.6) is 0 Å². The van der Waals surface area contributed by atoms with Crippen LogP contribution < -0.4 is 0 Å². The molecule has 0 saturated carbocycles. The van der Waals surface area contributed by atoms with Crippen LogP contribution in [-0.2, 0) is 0 Å². The van der Waals surface area contributed by atoms with Crippen LogP contribution in [-0.4, -0.2) is 0 Å². The molecule has 1 aromatic carbocycles. The molecule has 1 radical (unpaired) electrons. The van der Waals surface area contributed by atoms with Gasteiger partial charge in [-0.3, -0.25) is 0 Å². The van der Waals surface area contributed by atoms with E-state index >= 15 is 0 Å². The van der Waals surface area contributed by atoms with Gasteiger partial charge in [0.1, 0.15) is 5.82 Å². The summed E-state index contributed by atoms with van der Waals surface area (Å²) in [5, 5.41) is 0. The molecular weight excluding hydrogens is 163 g/mol. The summed E-state index contributed by atoms with van der Waals surface area (Å²) in [4.78, 5) is 0. The van der Waals surface area contributed by atoms with Crippen LogP contribution >= 0.6 is 0 Å². The van der Waals surface area contributed by atoms with Crippen LogP contribution in [0, 0.1) is 12.7 Å². The molecule has 1 unspecified atom stereocenters. The normalized spacial score (nSPS) is 12.8. The lowest BCUT2D eigenvalue weighted by atomic mass is 9.92. The summed E-state index contributed by atoms with van der Waals surface area (Å²) in [6, 6.07) is 6.77. The van der Waals surface area contributed by atoms with Crippen LogP contribution in [0.15, 0.2) is 24.3 Å². The van der Waals surface area contributed by atoms with E-state index in [2.05, 4.69) is 13.8 Å². The molecule has 0 aliphatic heterocycles. The molecule has 0 bridgehead atoms. The fraction of sp³-hybridized carbons (Fsp3) is 0.417. The minimum atomic E-state index is -0.164. The summed E-state index contributed by atoms with van der Waals surface area (Å²) in [5.41, 5.74) is 1.21. The van der Waals surface area contributed by atoms with Gasteiger partial charge < -0.3 is 0 Å². The number of halogens is 1. The van der Waals surface area contributed by atoms with Crippen molar-refractivity contribution in [3.63, 3.8) is 0 Å². The van der Waals surface area contributed by atoms with Crippen LogP contribution in [0.4, 0.5) is 4.39 Å². The van der Waals surface area contributed by atoms with Crippen molar-refractivity contribution < 1.29 is 4.39 Å². The SMILES string of the molecule is [CH2]CC(CCC)c1ccc(F)cc1. The molecule has 1 rings (SSSR count). The average molecular weight is 179 g/mol. The van der Waals surface area contributed by atoms with Gasteiger partial charge in [-0.1, -0.05) is 32.4 Å². The van der Waals surface area contributed by atoms with Gasteiger partial charge in [0.05, 0.1) is 0 Å². The van der Waals surface area contributed by atoms with Crippen molar-refractivity contribution in [1.29, 1.82) is 0 Å². The maximum atomic E-state index is 12.6. The molecule has 0 fully saturated rings. The van der Waals surface area contributed by atoms with Crippen LogP contribution in [0.1, 0.15) is 37.7 Å². The van der Waals surface area contributed by atoms with Crippen LogP contribution in [0.3, 0.4) is 0 Å². The van der Waals surface area contributed by atoms with E-state index in [1.54, 1.807) is 0 Å². The second-order valence-corrected chi connectivity index (χ2v) is 3.33. The van der Waals surface area contributed by atoms with E-state index in [0.29, 0.717) is 5.92 Å². The Morgan fingerprint density at radius 1 is 1.31 bits per heavy atom. The van der Waals surface area contributed by atoms with Gasteiger partial charge in [-0.25, -0.2) is 4.39 Å². The second-order valence-electron chi connectivity index (χ2n) is 3.33. The maximum absolute atomic E-state index is 12.6. The first-order chi connectivity index (χ1) is 6.27. The number of benzene rings is 1. The fourth-order valence-electron chi connectivity index (χ4n) is 1.56. The summed E-state index contributed by atoms with van der Waals surface area (Å²) in [5.74, 6) is 0.327. The van der Waals surface area contributed by atoms with Crippen molar-refractivity contribution in [3.8, 4) is 0 Å². The molecule has 13 heavy (non-hydrogen) atoms. The maximum Gasteiger partial charge on any atom is 0.123 e. The molecular formula is C12H16F. The van der Waals surface area contributed by atoms with Gasteiger partial charge in [-0.2, -0.15) is 0 Å². The molecule has 1 atom stereocenters. The average Bonchev–Trinajstić information content (AvgIpc) is 2.16. The predicted molar refractivity (Wildman–Crippen MR) is 54.0 cm³/mol. The lowest BCUT2D eigenvalue weighted by Crippen LogP contribution is -1.96. The largest absolute Gasteiger partial charge is 0.207 e. The third-order valence-corrected chi connectivity index (χ3v) is 2.33. The Kier molecular flexibility index (Phi) is 3.94. The minimum Gasteiger partial charge on any atom is -0.207 e. The molecule has 1 aromatic rings. The summed E-state index contributed by atoms with van der Waals surface area (Å²) in [7, 11) is 0. The minimum absolute atomic E-state index is 0.164. The van der Waals surface area contributed by atoms with Crippen molar-refractivity contribution >= 4 is 0 Å². The van der Waals surface area contributed by atoms with Crippen molar-refractivity contribution in [2.45, 2.75) is 32.1 Å². The van der Waals surface area contributed by atoms with Crippen molar-refractivity contribution in [3.05, 3.63) is 42.6 Å². The van der Waals surface area contributed by atoms with Crippen LogP contribution in [0.25, 0.3) is 0 Å². The molecule has 0 heterocycles. The Morgan fingerprint density at radius 2 is 1.92 bits per heavy atom. The lowest BCUT2D eigenvalue weighted by molar-refractivity contribution is 0.607. The number of hydrogen-bond acceptors (Lipinski definition) is 0. The highest BCUT2D eigenvalue weighted by atomic mass is 19.1. The Labute approximate surface area is 79.8 Å². The monoisotopic (exact) mass is 179 g/mol. The standard InChI is InChI=1S/C12H16F/c1-3-5-10(4-2)11-6-8-12(13)9-7-11/h6-10H,2-5H2,1H3. The molecule has 0 spiro atoms. The van der Waals surface area contributed by atoms with E-state index in [-0.39, 0.29) is 5.82 Å². The Morgan fingerprint density at radius 3 is 2.38 bits per heavy atom. The topological polar surface area (TPSA) is 0 Å². The predicted octanol–water partition coefficient (Wildman–Crippen LogP) is 3.93. The first-order valence-electron chi connectivity index (χ1n) is 4.82. The van der Waals surface area contributed by atoms with Gasteiger partial charge in [-0.05, 0) is 36.5 Å². The number of rotatable bonds is 4. The fourth-order valence-corrected chi connectivity index (χ4v) is 1.56. The van der Waals surface area contributed by atoms with E-state index in [0.717, 1.165) is 19.3 Å². The Bertz CT molecular complexity index is 238. The Balaban J connectivity index is 2.73. The molecule has 0 N–H and O–H groups in total. The van der Waals surface area contributed by atoms with E-state index in [4.69, 9.17) is 0 Å². The third kappa shape index (κ3) is 2.83. The van der Waals surface area contributed by atoms with Gasteiger partial charge >= 0.3 is 0 Å². The van der Waals surface area contributed by atoms with E-state index in [1.807, 2.05) is 12.1 Å². The summed E-state index contributed by atoms with van der Waals surface area (Å²) >= 11 is 0. The lowest BCUT2D eigenvalue weighted by Gasteiger charge is -2.13. The van der Waals surface area contributed by atoms with E-state index in [1.165, 1.54) is 17.7 Å². The molecule has 71 valence electrons. The second kappa shape index (κ2) is 5.00. The highest BCUT2D eigenvalue weighted by molar-refractivity contribution is 5.20. The highest BCUT2D eigenvalue weighted by Gasteiger charge is 2.07. The third-order valence-electron chi connectivity index (χ3n) is 2.33. The van der Waals surface area contributed by atoms with Gasteiger partial charge in [0, 0.05) is 0 Å². The molecule has 0 aliphatic carbocycles. The van der Waals surface area contributed by atoms with Gasteiger partial charge in [0.2, 0.25) is 0 Å². The van der Waals surface area contributed by atoms with E-state index in [9.17, 15) is 4.39 Å². The first kappa shape index (κ1) is 10.2. The van der Waals surface area contributed by atoms with Gasteiger partial charge in [-0.15, -0.1) is 0 Å². The first-order valence-corrected chi connectivity index (χ1v) is 4.82. The molecule has 0 aromatic heterocycles. The molecule has 0 amide bonds. The molecule has 0 nitrogen and oxygen atoms in total. The molecule has 0 saturated heterocycles. The summed E-state index contributed by atoms with van der Waals surface area (Å²) in [6.07, 6.45) is 3.17. The summed E-state index contributed by atoms with van der Waals surface area (Å²) in [6.45, 7) is 6.07. The molecule has 0 aliphatic rings. The molecule has 1 heteroatoms. The van der Waals surface area contributed by atoms with Crippen LogP contribution in [0.2, 0.25) is 0 Å². The zero-order valence-electron chi connectivity index (χ0n) is 8.09. The van der Waals surface area contributed by atoms with Crippen molar-refractivity contribution in [2.75, 3.05) is 0 Å². The zero-order valence-corrected chi connectivity index (χ0v) is 8.09. The number of hydrogen-bond donors (Lipinski definition) is 0. The van der Waals surface area contributed by atoms with Crippen molar-refractivity contribution in [2.24, 2.45) is 0 Å². The Hall–Kier alpha value is -0.850. The highest BCUT2D eigenvalue weighted by Crippen LogP contribution is 2.24. The summed E-state index contributed by atoms with van der Waals surface area (Å²) < 4.78 is 12.6. The van der Waals surface area contributed by atoms with Gasteiger partial charge in [0.15, 0.2) is 0 Å².